The summed E-state index contributed by atoms with van der Waals surface area (Å²) in [6.07, 6.45) is 19.8. The van der Waals surface area contributed by atoms with E-state index in [9.17, 15) is 9.90 Å². The molecule has 0 radical (unpaired) electrons. The van der Waals surface area contributed by atoms with E-state index >= 15 is 0 Å². The van der Waals surface area contributed by atoms with Gasteiger partial charge in [0.2, 0.25) is 0 Å². The monoisotopic (exact) mass is 874 g/mol. The number of carboxylic acid groups (broad SMARTS) is 1. The number of nitrogens with zero attached hydrogens (tertiary/aromatic N) is 8. The van der Waals surface area contributed by atoms with E-state index in [-0.39, 0.29) is 27.5 Å². The Hall–Kier alpha value is -4.46. The summed E-state index contributed by atoms with van der Waals surface area (Å²) in [4.78, 5) is 27.0. The number of hydrogen-bond donors (Lipinski definition) is 2. The van der Waals surface area contributed by atoms with Crippen molar-refractivity contribution in [2.24, 2.45) is 16.2 Å². The Morgan fingerprint density at radius 2 is 1.67 bits per heavy atom. The quantitative estimate of drug-likeness (QED) is 0.0768. The second-order valence-electron chi connectivity index (χ2n) is 20.7. The molecule has 2 unspecified atom stereocenters. The van der Waals surface area contributed by atoms with Crippen molar-refractivity contribution >= 4 is 50.1 Å². The number of unbranched alkanes of at least 4 members (excludes halogenated alkanes) is 6. The molecular formula is C50H67N9O3S. The number of para-hydroxylation sites is 1. The number of fused-ring (bicyclic) bond motifs is 2. The Morgan fingerprint density at radius 1 is 0.905 bits per heavy atom. The molecule has 4 bridgehead atoms. The number of carbonyl (C=O) groups is 1. The third-order valence-corrected chi connectivity index (χ3v) is 15.8. The second-order valence-corrected chi connectivity index (χ2v) is 21.7. The van der Waals surface area contributed by atoms with E-state index in [2.05, 4.69) is 72.8 Å². The minimum Gasteiger partial charge on any atom is -0.476 e. The molecule has 4 atom stereocenters. The molecule has 5 heterocycles. The van der Waals surface area contributed by atoms with Gasteiger partial charge in [0.05, 0.1) is 28.6 Å². The van der Waals surface area contributed by atoms with Crippen LogP contribution in [0.4, 0.5) is 22.6 Å². The number of thiazole rings is 1. The average Bonchev–Trinajstić information content (AvgIpc) is 3.81. The van der Waals surface area contributed by atoms with Crippen molar-refractivity contribution in [1.29, 1.82) is 0 Å². The smallest absolute Gasteiger partial charge is 0.355 e. The molecule has 4 fully saturated rings. The summed E-state index contributed by atoms with van der Waals surface area (Å²) in [7, 11) is 2.25. The van der Waals surface area contributed by atoms with Gasteiger partial charge in [0, 0.05) is 47.6 Å². The first-order valence-corrected chi connectivity index (χ1v) is 24.5. The molecule has 2 N–H and O–H groups in total. The maximum atomic E-state index is 13.0. The first-order chi connectivity index (χ1) is 30.3. The van der Waals surface area contributed by atoms with Crippen LogP contribution in [0.3, 0.4) is 0 Å². The summed E-state index contributed by atoms with van der Waals surface area (Å²) >= 11 is 1.58. The molecule has 0 saturated heterocycles. The first kappa shape index (κ1) is 43.8. The summed E-state index contributed by atoms with van der Waals surface area (Å²) in [5.41, 5.74) is 5.82. The fraction of sp³-hybridized carbons (Fsp3) is 0.600. The van der Waals surface area contributed by atoms with E-state index in [1.807, 2.05) is 41.4 Å². The van der Waals surface area contributed by atoms with Gasteiger partial charge in [-0.15, -0.1) is 10.2 Å². The third kappa shape index (κ3) is 8.99. The number of nitrogens with one attached hydrogen (secondary N) is 1. The SMILES string of the molecule is CCCCCCCCCN(C)CCOC12CC3(Cn4ncc(-c5ccc(N6CCCc7c6nnc(Nc6nc8ccccc8s6)c7C)nc5C(=O)O)c4C)C[C@@](C)(C1)C[C@](C)(C3)C2. The molecule has 5 aliphatic rings. The molecule has 1 aromatic carbocycles. The summed E-state index contributed by atoms with van der Waals surface area (Å²) in [5, 5.41) is 29.1. The van der Waals surface area contributed by atoms with E-state index in [1.165, 1.54) is 64.2 Å². The van der Waals surface area contributed by atoms with Crippen molar-refractivity contribution in [2.45, 2.75) is 143 Å². The molecule has 0 amide bonds. The molecular weight excluding hydrogens is 807 g/mol. The van der Waals surface area contributed by atoms with Gasteiger partial charge in [-0.2, -0.15) is 5.10 Å². The maximum Gasteiger partial charge on any atom is 0.355 e. The molecule has 0 spiro atoms. The molecule has 336 valence electrons. The van der Waals surface area contributed by atoms with Crippen LogP contribution in [0, 0.1) is 30.1 Å². The number of hydrogen-bond acceptors (Lipinski definition) is 11. The topological polar surface area (TPSA) is 134 Å². The standard InChI is InChI=1S/C50H67N9O3S/c1-7-8-9-10-11-12-15-22-57(6)24-25-62-50-30-47(4)27-48(5,31-50)29-49(28-47,32-50)33-59-35(3)38(26-51-59)37-20-21-41(53-42(37)45(60)61)58-23-16-17-36-34(2)43(55-56-44(36)58)54-46-52-39-18-13-14-19-40(39)63-46/h13-14,18-21,26H,7-12,15-17,22-25,27-33H2,1-6H3,(H,60,61)(H,52,54,55)/t47-,48+,49?,50?. The van der Waals surface area contributed by atoms with Crippen LogP contribution in [0.2, 0.25) is 0 Å². The normalized spacial score (nSPS) is 25.0. The van der Waals surface area contributed by atoms with Gasteiger partial charge >= 0.3 is 5.97 Å². The zero-order chi connectivity index (χ0) is 44.0. The van der Waals surface area contributed by atoms with Crippen molar-refractivity contribution in [2.75, 3.05) is 43.5 Å². The van der Waals surface area contributed by atoms with Crippen LogP contribution in [-0.2, 0) is 17.7 Å². The van der Waals surface area contributed by atoms with Crippen molar-refractivity contribution in [1.82, 2.24) is 34.8 Å². The number of pyridine rings is 1. The highest BCUT2D eigenvalue weighted by Gasteiger charge is 2.66. The molecule has 13 heteroatoms. The largest absolute Gasteiger partial charge is 0.476 e. The highest BCUT2D eigenvalue weighted by atomic mass is 32.1. The number of aromatic carboxylic acids is 1. The minimum atomic E-state index is -1.07. The first-order valence-electron chi connectivity index (χ1n) is 23.6. The minimum absolute atomic E-state index is 0.0141. The Kier molecular flexibility index (Phi) is 12.2. The summed E-state index contributed by atoms with van der Waals surface area (Å²) in [5.74, 6) is 0.868. The zero-order valence-electron chi connectivity index (χ0n) is 38.4. The number of benzene rings is 1. The van der Waals surface area contributed by atoms with Gasteiger partial charge in [0.1, 0.15) is 5.82 Å². The molecule has 12 nitrogen and oxygen atoms in total. The van der Waals surface area contributed by atoms with Gasteiger partial charge in [0.15, 0.2) is 22.5 Å². The lowest BCUT2D eigenvalue weighted by Gasteiger charge is -2.69. The predicted molar refractivity (Wildman–Crippen MR) is 253 cm³/mol. The number of likely N-dealkylation sites (N-methyl/N-ethyl adjacent to an activating group) is 1. The van der Waals surface area contributed by atoms with Gasteiger partial charge in [-0.25, -0.2) is 14.8 Å². The van der Waals surface area contributed by atoms with E-state index in [0.29, 0.717) is 29.6 Å². The van der Waals surface area contributed by atoms with E-state index in [0.717, 1.165) is 96.1 Å². The molecule has 1 aliphatic heterocycles. The zero-order valence-corrected chi connectivity index (χ0v) is 39.2. The van der Waals surface area contributed by atoms with Crippen LogP contribution in [0.5, 0.6) is 0 Å². The fourth-order valence-electron chi connectivity index (χ4n) is 13.1. The molecule has 4 aliphatic carbocycles. The Balaban J connectivity index is 0.898. The molecule has 4 saturated carbocycles. The van der Waals surface area contributed by atoms with Crippen LogP contribution in [0.25, 0.3) is 21.3 Å². The summed E-state index contributed by atoms with van der Waals surface area (Å²) in [6.45, 7) is 15.8. The van der Waals surface area contributed by atoms with E-state index in [1.54, 1.807) is 11.3 Å². The van der Waals surface area contributed by atoms with Gasteiger partial charge in [-0.3, -0.25) is 4.68 Å². The number of rotatable bonds is 19. The fourth-order valence-corrected chi connectivity index (χ4v) is 14.0. The lowest BCUT2D eigenvalue weighted by atomic mass is 9.39. The van der Waals surface area contributed by atoms with Crippen LogP contribution in [-0.4, -0.2) is 84.8 Å². The highest BCUT2D eigenvalue weighted by Crippen LogP contribution is 2.72. The van der Waals surface area contributed by atoms with Crippen LogP contribution < -0.4 is 10.2 Å². The lowest BCUT2D eigenvalue weighted by molar-refractivity contribution is -0.248. The van der Waals surface area contributed by atoms with Crippen molar-refractivity contribution in [3.8, 4) is 11.1 Å². The van der Waals surface area contributed by atoms with Gasteiger partial charge in [-0.05, 0) is 126 Å². The Labute approximate surface area is 377 Å². The Morgan fingerprint density at radius 3 is 2.43 bits per heavy atom. The van der Waals surface area contributed by atoms with Gasteiger partial charge < -0.3 is 25.0 Å². The maximum absolute atomic E-state index is 13.0. The van der Waals surface area contributed by atoms with Gasteiger partial charge in [0.25, 0.3) is 0 Å². The molecule has 10 rings (SSSR count). The molecule has 5 aromatic rings. The van der Waals surface area contributed by atoms with Crippen molar-refractivity contribution in [3.05, 3.63) is 65.1 Å². The van der Waals surface area contributed by atoms with Crippen LogP contribution in [0.15, 0.2) is 42.6 Å². The number of anilines is 4. The Bertz CT molecular complexity index is 2410. The van der Waals surface area contributed by atoms with Gasteiger partial charge in [-0.1, -0.05) is 82.8 Å². The summed E-state index contributed by atoms with van der Waals surface area (Å²) < 4.78 is 10.3. The summed E-state index contributed by atoms with van der Waals surface area (Å²) in [6, 6.07) is 11.9. The van der Waals surface area contributed by atoms with Crippen molar-refractivity contribution < 1.29 is 14.6 Å². The predicted octanol–water partition coefficient (Wildman–Crippen LogP) is 11.3. The highest BCUT2D eigenvalue weighted by molar-refractivity contribution is 7.22. The van der Waals surface area contributed by atoms with Crippen LogP contribution >= 0.6 is 11.3 Å². The van der Waals surface area contributed by atoms with E-state index < -0.39 is 5.97 Å². The average molecular weight is 874 g/mol. The molecule has 4 aromatic heterocycles. The van der Waals surface area contributed by atoms with E-state index in [4.69, 9.17) is 19.8 Å². The molecule has 63 heavy (non-hydrogen) atoms. The van der Waals surface area contributed by atoms with Crippen LogP contribution in [0.1, 0.15) is 138 Å². The number of ether oxygens (including phenoxy) is 1. The number of aromatic nitrogens is 6. The third-order valence-electron chi connectivity index (χ3n) is 14.8. The van der Waals surface area contributed by atoms with Crippen molar-refractivity contribution in [3.63, 3.8) is 0 Å². The number of carboxylic acids is 1. The second kappa shape index (κ2) is 17.5. The lowest BCUT2D eigenvalue weighted by Crippen LogP contribution is -2.64.